The van der Waals surface area contributed by atoms with Gasteiger partial charge in [-0.2, -0.15) is 0 Å². The van der Waals surface area contributed by atoms with Gasteiger partial charge in [-0.15, -0.1) is 0 Å². The predicted molar refractivity (Wildman–Crippen MR) is 48.9 cm³/mol. The highest BCUT2D eigenvalue weighted by Gasteiger charge is 2.63. The van der Waals surface area contributed by atoms with E-state index < -0.39 is 6.10 Å². The molecule has 2 rings (SSSR count). The van der Waals surface area contributed by atoms with E-state index in [9.17, 15) is 9.59 Å². The van der Waals surface area contributed by atoms with Crippen molar-refractivity contribution in [2.75, 3.05) is 13.7 Å². The van der Waals surface area contributed by atoms with Gasteiger partial charge in [0.15, 0.2) is 6.10 Å². The highest BCUT2D eigenvalue weighted by atomic mass is 16.6. The van der Waals surface area contributed by atoms with Crippen LogP contribution in [-0.4, -0.2) is 37.9 Å². The van der Waals surface area contributed by atoms with E-state index in [1.165, 1.54) is 7.11 Å². The molecule has 0 aromatic carbocycles. The Morgan fingerprint density at radius 2 is 2.13 bits per heavy atom. The number of rotatable bonds is 3. The molecule has 2 aliphatic rings. The van der Waals surface area contributed by atoms with E-state index in [1.54, 1.807) is 6.92 Å². The second-order valence-electron chi connectivity index (χ2n) is 3.79. The largest absolute Gasteiger partial charge is 0.467 e. The summed E-state index contributed by atoms with van der Waals surface area (Å²) in [5, 5.41) is 0. The Morgan fingerprint density at radius 1 is 1.40 bits per heavy atom. The lowest BCUT2D eigenvalue weighted by molar-refractivity contribution is -0.157. The molecule has 84 valence electrons. The topological polar surface area (TPSA) is 61.8 Å². The minimum Gasteiger partial charge on any atom is -0.467 e. The van der Waals surface area contributed by atoms with Crippen LogP contribution in [0.25, 0.3) is 0 Å². The molecule has 1 saturated carbocycles. The molecule has 15 heavy (non-hydrogen) atoms. The summed E-state index contributed by atoms with van der Waals surface area (Å²) in [6.07, 6.45) is -0.0512. The Morgan fingerprint density at radius 3 is 2.60 bits per heavy atom. The third-order valence-corrected chi connectivity index (χ3v) is 2.93. The van der Waals surface area contributed by atoms with Crippen LogP contribution < -0.4 is 0 Å². The van der Waals surface area contributed by atoms with Crippen molar-refractivity contribution in [2.24, 2.45) is 11.8 Å². The summed E-state index contributed by atoms with van der Waals surface area (Å²) in [6.45, 7) is 2.16. The van der Waals surface area contributed by atoms with E-state index in [1.807, 2.05) is 0 Å². The number of hydrogen-bond donors (Lipinski definition) is 0. The van der Waals surface area contributed by atoms with Crippen LogP contribution >= 0.6 is 0 Å². The van der Waals surface area contributed by atoms with Gasteiger partial charge in [0.2, 0.25) is 0 Å². The first kappa shape index (κ1) is 10.4. The quantitative estimate of drug-likeness (QED) is 0.625. The maximum absolute atomic E-state index is 11.3. The summed E-state index contributed by atoms with van der Waals surface area (Å²) in [6, 6.07) is 0. The van der Waals surface area contributed by atoms with Gasteiger partial charge >= 0.3 is 11.9 Å². The summed E-state index contributed by atoms with van der Waals surface area (Å²) in [7, 11) is 1.33. The molecule has 0 aromatic heterocycles. The average Bonchev–Trinajstić information content (AvgIpc) is 2.73. The molecule has 5 heteroatoms. The van der Waals surface area contributed by atoms with E-state index in [0.29, 0.717) is 13.0 Å². The van der Waals surface area contributed by atoms with E-state index in [0.717, 1.165) is 0 Å². The number of fused-ring (bicyclic) bond motifs is 1. The van der Waals surface area contributed by atoms with Gasteiger partial charge < -0.3 is 14.2 Å². The molecule has 0 spiro atoms. The molecule has 4 atom stereocenters. The van der Waals surface area contributed by atoms with Gasteiger partial charge in [-0.1, -0.05) is 0 Å². The predicted octanol–water partition coefficient (Wildman–Crippen LogP) is 0.126. The van der Waals surface area contributed by atoms with Gasteiger partial charge in [0, 0.05) is 5.92 Å². The minimum atomic E-state index is -0.490. The van der Waals surface area contributed by atoms with Crippen LogP contribution in [0.5, 0.6) is 0 Å². The molecule has 1 heterocycles. The van der Waals surface area contributed by atoms with Crippen LogP contribution in [0.2, 0.25) is 0 Å². The molecular formula is C10H14O5. The number of methoxy groups -OCH3 is 1. The SMILES string of the molecule is CCOC(=O)[C@H]1[C@@H]2C[C@H](C(=O)OC)O[C@@H]21. The molecule has 0 N–H and O–H groups in total. The van der Waals surface area contributed by atoms with Gasteiger partial charge in [0.1, 0.15) is 0 Å². The first-order valence-corrected chi connectivity index (χ1v) is 5.09. The third-order valence-electron chi connectivity index (χ3n) is 2.93. The molecule has 1 saturated heterocycles. The van der Waals surface area contributed by atoms with E-state index in [2.05, 4.69) is 4.74 Å². The van der Waals surface area contributed by atoms with Crippen molar-refractivity contribution >= 4 is 11.9 Å². The van der Waals surface area contributed by atoms with Gasteiger partial charge in [0.05, 0.1) is 25.7 Å². The number of hydrogen-bond acceptors (Lipinski definition) is 5. The second-order valence-corrected chi connectivity index (χ2v) is 3.79. The van der Waals surface area contributed by atoms with Crippen LogP contribution in [0.1, 0.15) is 13.3 Å². The zero-order chi connectivity index (χ0) is 11.0. The van der Waals surface area contributed by atoms with Gasteiger partial charge in [-0.3, -0.25) is 4.79 Å². The van der Waals surface area contributed by atoms with Crippen molar-refractivity contribution in [3.8, 4) is 0 Å². The van der Waals surface area contributed by atoms with Crippen LogP contribution in [0.15, 0.2) is 0 Å². The van der Waals surface area contributed by atoms with Gasteiger partial charge in [-0.05, 0) is 13.3 Å². The van der Waals surface area contributed by atoms with Crippen molar-refractivity contribution < 1.29 is 23.8 Å². The Balaban J connectivity index is 1.83. The van der Waals surface area contributed by atoms with Crippen molar-refractivity contribution in [1.29, 1.82) is 0 Å². The fourth-order valence-corrected chi connectivity index (χ4v) is 2.13. The lowest BCUT2D eigenvalue weighted by Gasteiger charge is -2.11. The Hall–Kier alpha value is -1.10. The van der Waals surface area contributed by atoms with E-state index in [-0.39, 0.29) is 29.9 Å². The summed E-state index contributed by atoms with van der Waals surface area (Å²) < 4.78 is 14.8. The lowest BCUT2D eigenvalue weighted by Crippen LogP contribution is -2.26. The van der Waals surface area contributed by atoms with Gasteiger partial charge in [0.25, 0.3) is 0 Å². The van der Waals surface area contributed by atoms with E-state index in [4.69, 9.17) is 9.47 Å². The minimum absolute atomic E-state index is 0.131. The summed E-state index contributed by atoms with van der Waals surface area (Å²) in [5.74, 6) is -0.584. The van der Waals surface area contributed by atoms with Crippen LogP contribution in [-0.2, 0) is 23.8 Å². The van der Waals surface area contributed by atoms with Crippen LogP contribution in [0.3, 0.4) is 0 Å². The molecule has 0 bridgehead atoms. The van der Waals surface area contributed by atoms with Crippen LogP contribution in [0.4, 0.5) is 0 Å². The molecule has 0 radical (unpaired) electrons. The number of esters is 2. The summed E-state index contributed by atoms with van der Waals surface area (Å²) in [4.78, 5) is 22.5. The average molecular weight is 214 g/mol. The normalized spacial score (nSPS) is 36.9. The number of ether oxygens (including phenoxy) is 3. The first-order valence-electron chi connectivity index (χ1n) is 5.09. The zero-order valence-electron chi connectivity index (χ0n) is 8.76. The highest BCUT2D eigenvalue weighted by molar-refractivity contribution is 5.80. The standard InChI is InChI=1S/C10H14O5/c1-3-14-10(12)7-5-4-6(9(11)13-2)15-8(5)7/h5-8H,3-4H2,1-2H3/t5-,6+,7-,8-/m0/s1. The fourth-order valence-electron chi connectivity index (χ4n) is 2.13. The molecule has 0 unspecified atom stereocenters. The Kier molecular flexibility index (Phi) is 2.65. The Bertz CT molecular complexity index is 276. The fraction of sp³-hybridized carbons (Fsp3) is 0.800. The maximum atomic E-state index is 11.3. The molecule has 1 aliphatic heterocycles. The molecule has 0 aromatic rings. The molecule has 1 aliphatic carbocycles. The highest BCUT2D eigenvalue weighted by Crippen LogP contribution is 2.52. The number of carbonyl (C=O) groups is 2. The first-order chi connectivity index (χ1) is 7.19. The third kappa shape index (κ3) is 1.71. The molecular weight excluding hydrogens is 200 g/mol. The van der Waals surface area contributed by atoms with Crippen LogP contribution in [0, 0.1) is 11.8 Å². The van der Waals surface area contributed by atoms with Crippen molar-refractivity contribution in [3.05, 3.63) is 0 Å². The van der Waals surface area contributed by atoms with E-state index >= 15 is 0 Å². The zero-order valence-corrected chi connectivity index (χ0v) is 8.76. The lowest BCUT2D eigenvalue weighted by atomic mass is 10.1. The Labute approximate surface area is 87.7 Å². The smallest absolute Gasteiger partial charge is 0.334 e. The number of carbonyl (C=O) groups excluding carboxylic acids is 2. The van der Waals surface area contributed by atoms with Crippen molar-refractivity contribution in [3.63, 3.8) is 0 Å². The molecule has 5 nitrogen and oxygen atoms in total. The molecule has 0 amide bonds. The summed E-state index contributed by atoms with van der Waals surface area (Å²) in [5.41, 5.74) is 0. The van der Waals surface area contributed by atoms with Crippen molar-refractivity contribution in [2.45, 2.75) is 25.6 Å². The monoisotopic (exact) mass is 214 g/mol. The van der Waals surface area contributed by atoms with Gasteiger partial charge in [-0.25, -0.2) is 4.79 Å². The van der Waals surface area contributed by atoms with Crippen molar-refractivity contribution in [1.82, 2.24) is 0 Å². The second kappa shape index (κ2) is 3.81. The maximum Gasteiger partial charge on any atom is 0.334 e. The summed E-state index contributed by atoms with van der Waals surface area (Å²) >= 11 is 0. The molecule has 2 fully saturated rings.